The lowest BCUT2D eigenvalue weighted by Gasteiger charge is -2.24. The van der Waals surface area contributed by atoms with Crippen LogP contribution in [0.15, 0.2) is 63.7 Å². The molecule has 1 amide bonds. The summed E-state index contributed by atoms with van der Waals surface area (Å²) < 4.78 is 70.0. The third-order valence-electron chi connectivity index (χ3n) is 5.06. The molecular formula is C21H16F3NO4S2. The number of nitrogens with one attached hydrogen (secondary N) is 1. The van der Waals surface area contributed by atoms with E-state index in [0.717, 1.165) is 23.5 Å². The zero-order valence-electron chi connectivity index (χ0n) is 16.1. The lowest BCUT2D eigenvalue weighted by atomic mass is 9.90. The summed E-state index contributed by atoms with van der Waals surface area (Å²) >= 11 is 1.16. The normalized spacial score (nSPS) is 16.5. The van der Waals surface area contributed by atoms with Gasteiger partial charge in [0.05, 0.1) is 23.3 Å². The molecule has 0 fully saturated rings. The molecule has 0 radical (unpaired) electrons. The van der Waals surface area contributed by atoms with Crippen molar-refractivity contribution in [3.8, 4) is 5.75 Å². The van der Waals surface area contributed by atoms with E-state index in [1.54, 1.807) is 0 Å². The summed E-state index contributed by atoms with van der Waals surface area (Å²) in [5.41, 5.74) is -0.0907. The average molecular weight is 467 g/mol. The van der Waals surface area contributed by atoms with E-state index in [4.69, 9.17) is 4.74 Å². The molecule has 0 saturated heterocycles. The topological polar surface area (TPSA) is 72.5 Å². The van der Waals surface area contributed by atoms with Gasteiger partial charge in [-0.3, -0.25) is 4.79 Å². The fraction of sp³-hybridized carbons (Fsp3) is 0.190. The Kier molecular flexibility index (Phi) is 5.30. The van der Waals surface area contributed by atoms with Crippen molar-refractivity contribution in [1.29, 1.82) is 0 Å². The van der Waals surface area contributed by atoms with Crippen molar-refractivity contribution in [1.82, 2.24) is 0 Å². The van der Waals surface area contributed by atoms with Crippen LogP contribution in [-0.4, -0.2) is 21.4 Å². The van der Waals surface area contributed by atoms with E-state index >= 15 is 0 Å². The molecule has 0 spiro atoms. The van der Waals surface area contributed by atoms with Gasteiger partial charge in [-0.1, -0.05) is 12.1 Å². The number of halogens is 3. The summed E-state index contributed by atoms with van der Waals surface area (Å²) in [4.78, 5) is 12.9. The van der Waals surface area contributed by atoms with Gasteiger partial charge in [-0.05, 0) is 42.0 Å². The predicted octanol–water partition coefficient (Wildman–Crippen LogP) is 5.08. The van der Waals surface area contributed by atoms with E-state index in [-0.39, 0.29) is 21.9 Å². The van der Waals surface area contributed by atoms with E-state index < -0.39 is 33.4 Å². The van der Waals surface area contributed by atoms with E-state index in [9.17, 15) is 26.4 Å². The number of amides is 1. The number of carbonyl (C=O) groups is 1. The largest absolute Gasteiger partial charge is 0.497 e. The van der Waals surface area contributed by atoms with Gasteiger partial charge in [0.1, 0.15) is 10.6 Å². The minimum absolute atomic E-state index is 0.0148. The minimum atomic E-state index is -4.46. The lowest BCUT2D eigenvalue weighted by molar-refractivity contribution is -0.137. The van der Waals surface area contributed by atoms with E-state index in [1.807, 2.05) is 0 Å². The van der Waals surface area contributed by atoms with Gasteiger partial charge < -0.3 is 10.1 Å². The third kappa shape index (κ3) is 3.92. The minimum Gasteiger partial charge on any atom is -0.497 e. The molecule has 2 heterocycles. The molecule has 1 aliphatic heterocycles. The van der Waals surface area contributed by atoms with Gasteiger partial charge in [-0.25, -0.2) is 8.42 Å². The highest BCUT2D eigenvalue weighted by Crippen LogP contribution is 2.46. The highest BCUT2D eigenvalue weighted by atomic mass is 32.2. The van der Waals surface area contributed by atoms with Gasteiger partial charge in [0.15, 0.2) is 0 Å². The molecule has 5 nitrogen and oxygen atoms in total. The molecule has 0 bridgehead atoms. The fourth-order valence-electron chi connectivity index (χ4n) is 3.46. The van der Waals surface area contributed by atoms with Crippen LogP contribution in [-0.2, 0) is 20.8 Å². The Bertz CT molecular complexity index is 1230. The van der Waals surface area contributed by atoms with E-state index in [0.29, 0.717) is 16.2 Å². The Morgan fingerprint density at radius 2 is 1.71 bits per heavy atom. The van der Waals surface area contributed by atoms with Crippen molar-refractivity contribution in [2.75, 3.05) is 12.4 Å². The number of hydrogen-bond donors (Lipinski definition) is 1. The molecule has 4 rings (SSSR count). The quantitative estimate of drug-likeness (QED) is 0.581. The number of ether oxygens (including phenoxy) is 1. The third-order valence-corrected chi connectivity index (χ3v) is 8.09. The smallest absolute Gasteiger partial charge is 0.416 e. The van der Waals surface area contributed by atoms with Crippen LogP contribution in [0.5, 0.6) is 5.75 Å². The Labute approximate surface area is 180 Å². The number of methoxy groups -OCH3 is 1. The summed E-state index contributed by atoms with van der Waals surface area (Å²) in [5.74, 6) is -0.431. The van der Waals surface area contributed by atoms with Crippen LogP contribution in [0.2, 0.25) is 0 Å². The number of sulfone groups is 1. The highest BCUT2D eigenvalue weighted by Gasteiger charge is 2.35. The Balaban J connectivity index is 1.74. The second-order valence-electron chi connectivity index (χ2n) is 6.94. The molecule has 1 aliphatic rings. The maximum Gasteiger partial charge on any atom is 0.416 e. The van der Waals surface area contributed by atoms with Gasteiger partial charge in [-0.2, -0.15) is 13.2 Å². The number of anilines is 1. The molecule has 2 aromatic carbocycles. The molecule has 3 aromatic rings. The molecule has 10 heteroatoms. The second-order valence-corrected chi connectivity index (χ2v) is 9.77. The molecule has 1 N–H and O–H groups in total. The van der Waals surface area contributed by atoms with Crippen LogP contribution in [0.25, 0.3) is 0 Å². The molecule has 0 aliphatic carbocycles. The highest BCUT2D eigenvalue weighted by molar-refractivity contribution is 7.91. The average Bonchev–Trinajstić information content (AvgIpc) is 3.17. The van der Waals surface area contributed by atoms with Gasteiger partial charge in [0.25, 0.3) is 0 Å². The van der Waals surface area contributed by atoms with Crippen molar-refractivity contribution in [2.45, 2.75) is 28.3 Å². The van der Waals surface area contributed by atoms with Crippen molar-refractivity contribution in [3.63, 3.8) is 0 Å². The van der Waals surface area contributed by atoms with Crippen LogP contribution < -0.4 is 10.1 Å². The Morgan fingerprint density at radius 3 is 2.29 bits per heavy atom. The summed E-state index contributed by atoms with van der Waals surface area (Å²) in [5, 5.41) is 4.08. The summed E-state index contributed by atoms with van der Waals surface area (Å²) in [6.45, 7) is 0. The number of thiophene rings is 1. The Hall–Kier alpha value is -2.85. The zero-order chi connectivity index (χ0) is 22.4. The number of alkyl halides is 3. The number of hydrogen-bond acceptors (Lipinski definition) is 5. The fourth-order valence-corrected chi connectivity index (χ4v) is 6.37. The second kappa shape index (κ2) is 7.69. The van der Waals surface area contributed by atoms with E-state index in [1.165, 1.54) is 48.9 Å². The standard InChI is InChI=1S/C21H16F3NO4S2/c1-29-14-6-8-15(9-7-14)31(27,28)17-11-30-20-16(10-18(26)25-19(17)20)12-2-4-13(5-3-12)21(22,23)24/h2-9,11,16H,10H2,1H3,(H,25,26)/t16-/m0/s1. The molecule has 1 atom stereocenters. The number of fused-ring (bicyclic) bond motifs is 1. The first-order chi connectivity index (χ1) is 14.6. The molecule has 0 unspecified atom stereocenters. The van der Waals surface area contributed by atoms with Gasteiger partial charge >= 0.3 is 6.18 Å². The Morgan fingerprint density at radius 1 is 1.06 bits per heavy atom. The number of carbonyl (C=O) groups excluding carboxylic acids is 1. The molecule has 31 heavy (non-hydrogen) atoms. The molecule has 162 valence electrons. The zero-order valence-corrected chi connectivity index (χ0v) is 17.7. The van der Waals surface area contributed by atoms with Crippen molar-refractivity contribution < 1.29 is 31.1 Å². The van der Waals surface area contributed by atoms with Gasteiger partial charge in [-0.15, -0.1) is 11.3 Å². The summed E-state index contributed by atoms with van der Waals surface area (Å²) in [7, 11) is -2.46. The SMILES string of the molecule is COc1ccc(S(=O)(=O)c2csc3c2NC(=O)C[C@H]3c2ccc(C(F)(F)F)cc2)cc1. The van der Waals surface area contributed by atoms with Crippen LogP contribution in [0.1, 0.15) is 28.3 Å². The first-order valence-electron chi connectivity index (χ1n) is 9.09. The lowest BCUT2D eigenvalue weighted by Crippen LogP contribution is -2.23. The van der Waals surface area contributed by atoms with Crippen LogP contribution in [0.4, 0.5) is 18.9 Å². The predicted molar refractivity (Wildman–Crippen MR) is 109 cm³/mol. The summed E-state index contributed by atoms with van der Waals surface area (Å²) in [6, 6.07) is 10.5. The summed E-state index contributed by atoms with van der Waals surface area (Å²) in [6.07, 6.45) is -4.45. The molecule has 0 saturated carbocycles. The molecule has 1 aromatic heterocycles. The maximum atomic E-state index is 13.2. The number of rotatable bonds is 4. The molecular weight excluding hydrogens is 451 g/mol. The van der Waals surface area contributed by atoms with Crippen molar-refractivity contribution >= 4 is 32.8 Å². The van der Waals surface area contributed by atoms with Crippen molar-refractivity contribution in [3.05, 3.63) is 69.9 Å². The monoisotopic (exact) mass is 467 g/mol. The van der Waals surface area contributed by atoms with Crippen LogP contribution in [0.3, 0.4) is 0 Å². The first-order valence-corrected chi connectivity index (χ1v) is 11.4. The van der Waals surface area contributed by atoms with Crippen LogP contribution in [0, 0.1) is 0 Å². The van der Waals surface area contributed by atoms with Gasteiger partial charge in [0, 0.05) is 22.6 Å². The maximum absolute atomic E-state index is 13.2. The number of benzene rings is 2. The van der Waals surface area contributed by atoms with Crippen molar-refractivity contribution in [2.24, 2.45) is 0 Å². The first kappa shape index (κ1) is 21.4. The van der Waals surface area contributed by atoms with E-state index in [2.05, 4.69) is 5.32 Å². The van der Waals surface area contributed by atoms with Crippen LogP contribution >= 0.6 is 11.3 Å². The van der Waals surface area contributed by atoms with Gasteiger partial charge in [0.2, 0.25) is 15.7 Å².